The lowest BCUT2D eigenvalue weighted by Gasteiger charge is -2.39. The number of esters is 2. The lowest BCUT2D eigenvalue weighted by molar-refractivity contribution is -0.189. The minimum atomic E-state index is -2.17. The zero-order valence-corrected chi connectivity index (χ0v) is 73.8. The number of ether oxygens (including phenoxy) is 6. The molecular weight excluding hydrogens is 1670 g/mol. The van der Waals surface area contributed by atoms with Crippen molar-refractivity contribution in [2.24, 2.45) is 55.1 Å². The van der Waals surface area contributed by atoms with Crippen LogP contribution in [0.15, 0.2) is 44.0 Å². The molecule has 128 heavy (non-hydrogen) atoms. The minimum absolute atomic E-state index is 0.00744. The Morgan fingerprint density at radius 1 is 0.586 bits per heavy atom. The van der Waals surface area contributed by atoms with E-state index in [1.807, 2.05) is 13.8 Å². The molecule has 7 unspecified atom stereocenters. The first-order valence-corrected chi connectivity index (χ1v) is 44.2. The van der Waals surface area contributed by atoms with Crippen molar-refractivity contribution in [1.82, 2.24) is 71.7 Å². The van der Waals surface area contributed by atoms with Crippen molar-refractivity contribution in [3.8, 4) is 17.1 Å². The summed E-state index contributed by atoms with van der Waals surface area (Å²) in [4.78, 5) is 218. The number of nitrogens with two attached hydrogens (primary N) is 7. The maximum Gasteiger partial charge on any atom is 0.415 e. The van der Waals surface area contributed by atoms with Gasteiger partial charge in [-0.25, -0.2) is 14.6 Å². The van der Waals surface area contributed by atoms with Gasteiger partial charge in [0.05, 0.1) is 54.9 Å². The number of piperidine rings is 2. The molecule has 2 aromatic heterocycles. The van der Waals surface area contributed by atoms with Crippen LogP contribution in [0.5, 0.6) is 5.75 Å². The number of amides is 11. The van der Waals surface area contributed by atoms with Crippen molar-refractivity contribution in [3.05, 3.63) is 56.9 Å². The van der Waals surface area contributed by atoms with Gasteiger partial charge in [0.25, 0.3) is 5.56 Å². The first-order chi connectivity index (χ1) is 61.3. The number of aryl methyl sites for hydroxylation is 1. The molecule has 0 bridgehead atoms. The Hall–Kier alpha value is -11.9. The number of pyridine rings is 2. The van der Waals surface area contributed by atoms with Crippen molar-refractivity contribution in [2.75, 3.05) is 118 Å². The maximum atomic E-state index is 14.6. The predicted octanol–water partition coefficient (Wildman–Crippen LogP) is -3.09. The van der Waals surface area contributed by atoms with Crippen molar-refractivity contribution in [1.29, 1.82) is 0 Å². The van der Waals surface area contributed by atoms with Gasteiger partial charge in [-0.05, 0) is 186 Å². The van der Waals surface area contributed by atoms with Crippen molar-refractivity contribution >= 4 is 106 Å². The Balaban J connectivity index is 0.782. The van der Waals surface area contributed by atoms with Crippen LogP contribution >= 0.6 is 0 Å². The highest BCUT2D eigenvalue weighted by Crippen LogP contribution is 2.43. The second-order valence-corrected chi connectivity index (χ2v) is 32.7. The molecule has 0 aliphatic carbocycles. The number of carbonyl (C=O) groups is 13. The summed E-state index contributed by atoms with van der Waals surface area (Å²) in [6, 6.07) is -2.13. The highest BCUT2D eigenvalue weighted by Gasteiger charge is 2.51. The average molecular weight is 1790 g/mol. The third kappa shape index (κ3) is 27.8. The smallest absolute Gasteiger partial charge is 0.415 e. The van der Waals surface area contributed by atoms with Gasteiger partial charge in [0.2, 0.25) is 64.7 Å². The van der Waals surface area contributed by atoms with Gasteiger partial charge in [0, 0.05) is 88.1 Å². The van der Waals surface area contributed by atoms with Gasteiger partial charge >= 0.3 is 18.0 Å². The van der Waals surface area contributed by atoms with Crippen molar-refractivity contribution in [3.63, 3.8) is 0 Å². The lowest BCUT2D eigenvalue weighted by atomic mass is 9.85. The van der Waals surface area contributed by atoms with Gasteiger partial charge in [-0.3, -0.25) is 72.5 Å². The molecule has 4 saturated heterocycles. The monoisotopic (exact) mass is 1790 g/mol. The summed E-state index contributed by atoms with van der Waals surface area (Å²) < 4.78 is 35.3. The molecule has 1 aromatic carbocycles. The summed E-state index contributed by atoms with van der Waals surface area (Å²) in [5.41, 5.74) is 39.6. The normalized spacial score (nSPS) is 18.6. The van der Waals surface area contributed by atoms with Crippen LogP contribution in [-0.4, -0.2) is 297 Å². The minimum Gasteiger partial charge on any atom is -0.457 e. The number of carbonyl (C=O) groups excluding carboxylic acids is 13. The van der Waals surface area contributed by atoms with E-state index in [4.69, 9.17) is 73.5 Å². The molecule has 9 rings (SSSR count). The van der Waals surface area contributed by atoms with E-state index in [-0.39, 0.29) is 159 Å². The fraction of sp³-hybridized carbons (Fsp3) is 0.643. The zero-order valence-electron chi connectivity index (χ0n) is 73.8. The lowest BCUT2D eigenvalue weighted by Crippen LogP contribution is -2.59. The fourth-order valence-corrected chi connectivity index (χ4v) is 16.6. The van der Waals surface area contributed by atoms with E-state index in [0.717, 1.165) is 31.5 Å². The number of hydrogen-bond donors (Lipinski definition) is 15. The Labute approximate surface area is 742 Å². The highest BCUT2D eigenvalue weighted by molar-refractivity contribution is 5.99. The molecule has 3 aromatic rings. The molecule has 6 aliphatic heterocycles. The highest BCUT2D eigenvalue weighted by atomic mass is 16.6. The van der Waals surface area contributed by atoms with Gasteiger partial charge in [-0.15, -0.1) is 0 Å². The Kier molecular flexibility index (Phi) is 38.1. The molecule has 4 fully saturated rings. The Morgan fingerprint density at radius 3 is 1.78 bits per heavy atom. The van der Waals surface area contributed by atoms with Crippen molar-refractivity contribution in [2.45, 2.75) is 230 Å². The number of guanidine groups is 3. The molecule has 44 nitrogen and oxygen atoms in total. The van der Waals surface area contributed by atoms with E-state index in [1.54, 1.807) is 36.1 Å². The largest absolute Gasteiger partial charge is 0.457 e. The molecular formula is C84H128N24O20. The number of hydrogen-bond acceptors (Lipinski definition) is 26. The van der Waals surface area contributed by atoms with Crippen LogP contribution in [0.2, 0.25) is 0 Å². The van der Waals surface area contributed by atoms with E-state index in [2.05, 4.69) is 62.4 Å². The first-order valence-electron chi connectivity index (χ1n) is 44.2. The summed E-state index contributed by atoms with van der Waals surface area (Å²) in [7, 11) is 0. The quantitative estimate of drug-likeness (QED) is 0.00902. The van der Waals surface area contributed by atoms with Gasteiger partial charge in [-0.2, -0.15) is 0 Å². The molecule has 0 saturated carbocycles. The van der Waals surface area contributed by atoms with E-state index in [1.165, 1.54) is 47.5 Å². The van der Waals surface area contributed by atoms with Gasteiger partial charge in [0.1, 0.15) is 74.4 Å². The van der Waals surface area contributed by atoms with E-state index in [9.17, 15) is 67.1 Å². The maximum absolute atomic E-state index is 14.6. The van der Waals surface area contributed by atoms with Crippen LogP contribution in [0.25, 0.3) is 22.3 Å². The second-order valence-electron chi connectivity index (χ2n) is 32.7. The van der Waals surface area contributed by atoms with E-state index >= 15 is 0 Å². The van der Waals surface area contributed by atoms with Crippen LogP contribution in [0.1, 0.15) is 172 Å². The standard InChI is InChI=1S/C84H128N24O20/c1-6-84(57-43-65-69-55(45-108(65)76(118)56(57)46-126-79(84)121)49(3)54-42-53(24-25-59(54)101-69)127-83(122)105-37-26-52(27-38-105)104-33-11-8-12-34-104)128-68(111)44-97-73(115)60(19-9-10-28-92-66(109)47-125-41-40-123-7-2)100-67(110)48-124-39-32-93-72(114)61(20-14-30-95-81(88)89)102-70(112)50(4)98-75(117)64-23-17-36-107(64)78(120)62(21-15-31-96-82(90)91)103-71(113)51(5)99-74(116)63-22-16-35-106(63)77(119)58(85)18-13-29-94-80(86)87/h24-25,42-43,50-52,58,60-64H,6-23,26-41,44-48,85H2,1-5H3,(H,92,109)(H,93,114)(H,97,115)(H,98,117)(H,99,116)(H,100,110)(H,102,112)(H,103,113)(H4,86,87,94)(H4,88,89,95)(H4,90,91,96)/t50?,51?,58?,60-,61?,62?,63?,64?,84-/m0/s1. The number of fused-ring (bicyclic) bond motifs is 5. The van der Waals surface area contributed by atoms with E-state index in [0.29, 0.717) is 98.1 Å². The number of unbranched alkanes of at least 4 members (excludes halogenated alkanes) is 1. The van der Waals surface area contributed by atoms with Crippen LogP contribution in [0.3, 0.4) is 0 Å². The number of aromatic nitrogens is 2. The predicted molar refractivity (Wildman–Crippen MR) is 468 cm³/mol. The SMILES string of the molecule is CCOCCOCC(=O)NCCCC[C@H](NC(=O)COCCNC(=O)C(CCCN=C(N)N)NC(=O)C(C)NC(=O)C1CCCN1C(=O)C(CCCN=C(N)N)NC(=O)C(C)NC(=O)C1CCCN1C(=O)C(N)CCCN=C(N)N)C(=O)NCC(=O)O[C@]1(CC)C(=O)OCc2c1cc1n(c2=O)Cc2c-1nc1ccc(OC(=O)N3CCC(N4CCCCC4)CC3)cc1c2C. The third-order valence-electron chi connectivity index (χ3n) is 23.5. The summed E-state index contributed by atoms with van der Waals surface area (Å²) in [5.74, 6) is -9.00. The van der Waals surface area contributed by atoms with Gasteiger partial charge in [0.15, 0.2) is 17.9 Å². The first kappa shape index (κ1) is 99.9. The number of likely N-dealkylation sites (tertiary alicyclic amines) is 4. The van der Waals surface area contributed by atoms with Crippen LogP contribution in [0.4, 0.5) is 4.79 Å². The van der Waals surface area contributed by atoms with Crippen molar-refractivity contribution < 1.29 is 90.8 Å². The molecule has 0 spiro atoms. The number of cyclic esters (lactones) is 1. The number of nitrogens with one attached hydrogen (secondary N) is 8. The molecule has 704 valence electrons. The number of nitrogens with zero attached hydrogens (tertiary/aromatic N) is 9. The van der Waals surface area contributed by atoms with Gasteiger partial charge in [-0.1, -0.05) is 13.3 Å². The molecule has 22 N–H and O–H groups in total. The summed E-state index contributed by atoms with van der Waals surface area (Å²) >= 11 is 0. The molecule has 6 aliphatic rings. The van der Waals surface area contributed by atoms with E-state index < -0.39 is 156 Å². The number of benzene rings is 1. The molecule has 8 heterocycles. The third-order valence-corrected chi connectivity index (χ3v) is 23.5. The van der Waals surface area contributed by atoms with Crippen LogP contribution < -0.4 is 93.0 Å². The summed E-state index contributed by atoms with van der Waals surface area (Å²) in [6.45, 7) is 10.8. The van der Waals surface area contributed by atoms with Gasteiger partial charge < -0.3 is 135 Å². The molecule has 0 radical (unpaired) electrons. The molecule has 9 atom stereocenters. The Morgan fingerprint density at radius 2 is 1.16 bits per heavy atom. The topological polar surface area (TPSA) is 641 Å². The number of aliphatic imine (C=N–C) groups is 3. The zero-order chi connectivity index (χ0) is 92.7. The summed E-state index contributed by atoms with van der Waals surface area (Å²) in [5, 5.41) is 21.9. The number of rotatable bonds is 47. The van der Waals surface area contributed by atoms with Crippen LogP contribution in [-0.2, 0) is 100.0 Å². The van der Waals surface area contributed by atoms with Crippen LogP contribution in [0, 0.1) is 6.92 Å². The summed E-state index contributed by atoms with van der Waals surface area (Å²) in [6.07, 6.45) is 7.64. The molecule has 11 amide bonds. The second kappa shape index (κ2) is 48.9. The average Bonchev–Trinajstić information content (AvgIpc) is 1.61. The molecule has 44 heteroatoms. The fourth-order valence-electron chi connectivity index (χ4n) is 16.6. The Bertz CT molecular complexity index is 4600.